The van der Waals surface area contributed by atoms with Crippen LogP contribution in [0, 0.1) is 6.92 Å². The Bertz CT molecular complexity index is 1000. The van der Waals surface area contributed by atoms with E-state index >= 15 is 0 Å². The summed E-state index contributed by atoms with van der Waals surface area (Å²) in [7, 11) is -3.70. The Labute approximate surface area is 187 Å². The summed E-state index contributed by atoms with van der Waals surface area (Å²) in [6.45, 7) is 6.16. The number of nitrogens with zero attached hydrogens (tertiary/aromatic N) is 2. The number of halogens is 2. The monoisotopic (exact) mass is 469 g/mol. The Balaban J connectivity index is 1.68. The smallest absolute Gasteiger partial charge is 0.244 e. The molecule has 0 bridgehead atoms. The molecule has 0 aliphatic carbocycles. The largest absolute Gasteiger partial charge is 0.326 e. The molecule has 1 saturated heterocycles. The van der Waals surface area contributed by atoms with Crippen LogP contribution in [0.15, 0.2) is 41.3 Å². The molecule has 0 atom stereocenters. The van der Waals surface area contributed by atoms with Gasteiger partial charge in [0.2, 0.25) is 15.9 Å². The number of amides is 1. The van der Waals surface area contributed by atoms with E-state index < -0.39 is 10.0 Å². The highest BCUT2D eigenvalue weighted by molar-refractivity contribution is 7.89. The molecule has 2 aromatic carbocycles. The van der Waals surface area contributed by atoms with Gasteiger partial charge in [-0.15, -0.1) is 0 Å². The van der Waals surface area contributed by atoms with Crippen LogP contribution in [0.4, 0.5) is 5.69 Å². The van der Waals surface area contributed by atoms with Gasteiger partial charge in [0.05, 0.1) is 5.02 Å². The third kappa shape index (κ3) is 5.53. The summed E-state index contributed by atoms with van der Waals surface area (Å²) in [4.78, 5) is 13.5. The fourth-order valence-electron chi connectivity index (χ4n) is 3.65. The van der Waals surface area contributed by atoms with E-state index in [0.29, 0.717) is 30.2 Å². The van der Waals surface area contributed by atoms with Crippen LogP contribution in [0.5, 0.6) is 0 Å². The normalized spacial score (nSPS) is 16.3. The Morgan fingerprint density at radius 3 is 2.40 bits per heavy atom. The number of sulfonamides is 1. The maximum atomic E-state index is 13.2. The van der Waals surface area contributed by atoms with Crippen LogP contribution < -0.4 is 5.32 Å². The van der Waals surface area contributed by atoms with Crippen molar-refractivity contribution in [1.82, 2.24) is 9.21 Å². The molecule has 1 amide bonds. The maximum absolute atomic E-state index is 13.2. The third-order valence-corrected chi connectivity index (χ3v) is 7.75. The Morgan fingerprint density at radius 1 is 1.07 bits per heavy atom. The molecule has 30 heavy (non-hydrogen) atoms. The minimum absolute atomic E-state index is 0.104. The molecule has 0 radical (unpaired) electrons. The highest BCUT2D eigenvalue weighted by Gasteiger charge is 2.30. The summed E-state index contributed by atoms with van der Waals surface area (Å²) in [5.41, 5.74) is 2.42. The topological polar surface area (TPSA) is 69.7 Å². The maximum Gasteiger partial charge on any atom is 0.244 e. The predicted molar refractivity (Wildman–Crippen MR) is 121 cm³/mol. The quantitative estimate of drug-likeness (QED) is 0.713. The number of carbonyl (C=O) groups is 1. The van der Waals surface area contributed by atoms with Crippen LogP contribution in [0.2, 0.25) is 10.0 Å². The number of carbonyl (C=O) groups excluding carboxylic acids is 1. The number of benzene rings is 2. The zero-order valence-electron chi connectivity index (χ0n) is 17.0. The lowest BCUT2D eigenvalue weighted by Crippen LogP contribution is -2.35. The lowest BCUT2D eigenvalue weighted by molar-refractivity contribution is -0.114. The van der Waals surface area contributed by atoms with Gasteiger partial charge in [0.25, 0.3) is 0 Å². The second-order valence-corrected chi connectivity index (χ2v) is 10.2. The van der Waals surface area contributed by atoms with Crippen LogP contribution in [-0.2, 0) is 21.4 Å². The highest BCUT2D eigenvalue weighted by atomic mass is 35.5. The summed E-state index contributed by atoms with van der Waals surface area (Å²) >= 11 is 12.2. The van der Waals surface area contributed by atoms with Gasteiger partial charge in [0.15, 0.2) is 0 Å². The second kappa shape index (κ2) is 9.66. The molecule has 1 aliphatic rings. The molecule has 1 N–H and O–H groups in total. The van der Waals surface area contributed by atoms with Crippen molar-refractivity contribution in [2.24, 2.45) is 0 Å². The molecule has 0 saturated carbocycles. The molecular weight excluding hydrogens is 445 g/mol. The first-order valence-corrected chi connectivity index (χ1v) is 11.9. The summed E-state index contributed by atoms with van der Waals surface area (Å²) in [5.74, 6) is -0.104. The molecule has 0 unspecified atom stereocenters. The van der Waals surface area contributed by atoms with Gasteiger partial charge >= 0.3 is 0 Å². The van der Waals surface area contributed by atoms with Crippen LogP contribution in [-0.4, -0.2) is 49.7 Å². The second-order valence-electron chi connectivity index (χ2n) is 7.45. The number of rotatable bonds is 5. The molecule has 6 nitrogen and oxygen atoms in total. The van der Waals surface area contributed by atoms with Crippen molar-refractivity contribution in [3.05, 3.63) is 57.6 Å². The molecule has 1 fully saturated rings. The van der Waals surface area contributed by atoms with Crippen LogP contribution >= 0.6 is 23.2 Å². The van der Waals surface area contributed by atoms with Gasteiger partial charge < -0.3 is 5.32 Å². The van der Waals surface area contributed by atoms with Crippen molar-refractivity contribution in [1.29, 1.82) is 0 Å². The predicted octanol–water partition coefficient (Wildman–Crippen LogP) is 4.16. The number of hydrogen-bond donors (Lipinski definition) is 1. The molecule has 0 spiro atoms. The SMILES string of the molecule is CC(=O)Nc1ccc(CN2CCCN(S(=O)(=O)c3c(C)cc(Cl)cc3Cl)CC2)cc1. The first-order valence-electron chi connectivity index (χ1n) is 9.71. The first-order chi connectivity index (χ1) is 14.2. The van der Waals surface area contributed by atoms with E-state index in [0.717, 1.165) is 30.8 Å². The summed E-state index contributed by atoms with van der Waals surface area (Å²) in [6, 6.07) is 10.8. The van der Waals surface area contributed by atoms with Gasteiger partial charge in [-0.3, -0.25) is 9.69 Å². The van der Waals surface area contributed by atoms with E-state index in [1.165, 1.54) is 17.3 Å². The molecule has 9 heteroatoms. The lowest BCUT2D eigenvalue weighted by Gasteiger charge is -2.23. The summed E-state index contributed by atoms with van der Waals surface area (Å²) in [6.07, 6.45) is 0.730. The minimum atomic E-state index is -3.70. The molecule has 1 aliphatic heterocycles. The Kier molecular flexibility index (Phi) is 7.42. The van der Waals surface area contributed by atoms with Gasteiger partial charge in [-0.1, -0.05) is 35.3 Å². The summed E-state index contributed by atoms with van der Waals surface area (Å²) in [5, 5.41) is 3.32. The minimum Gasteiger partial charge on any atom is -0.326 e. The number of anilines is 1. The van der Waals surface area contributed by atoms with Crippen LogP contribution in [0.3, 0.4) is 0 Å². The van der Waals surface area contributed by atoms with Gasteiger partial charge in [-0.25, -0.2) is 8.42 Å². The van der Waals surface area contributed by atoms with Gasteiger partial charge in [0, 0.05) is 43.8 Å². The van der Waals surface area contributed by atoms with Crippen LogP contribution in [0.1, 0.15) is 24.5 Å². The average Bonchev–Trinajstić information content (AvgIpc) is 2.88. The standard InChI is InChI=1S/C21H25Cl2N3O3S/c1-15-12-18(22)13-20(23)21(15)30(28,29)26-9-3-8-25(10-11-26)14-17-4-6-19(7-5-17)24-16(2)27/h4-7,12-13H,3,8-11,14H2,1-2H3,(H,24,27). The fourth-order valence-corrected chi connectivity index (χ4v) is 6.25. The van der Waals surface area contributed by atoms with E-state index in [1.54, 1.807) is 13.0 Å². The molecule has 162 valence electrons. The van der Waals surface area contributed by atoms with E-state index in [9.17, 15) is 13.2 Å². The number of nitrogens with one attached hydrogen (secondary N) is 1. The molecular formula is C21H25Cl2N3O3S. The van der Waals surface area contributed by atoms with Crippen molar-refractivity contribution >= 4 is 44.8 Å². The van der Waals surface area contributed by atoms with E-state index in [-0.39, 0.29) is 15.8 Å². The van der Waals surface area contributed by atoms with Crippen molar-refractivity contribution < 1.29 is 13.2 Å². The Hall–Kier alpha value is -1.64. The fraction of sp³-hybridized carbons (Fsp3) is 0.381. The van der Waals surface area contributed by atoms with E-state index in [4.69, 9.17) is 23.2 Å². The molecule has 0 aromatic heterocycles. The zero-order valence-corrected chi connectivity index (χ0v) is 19.3. The van der Waals surface area contributed by atoms with Crippen LogP contribution in [0.25, 0.3) is 0 Å². The summed E-state index contributed by atoms with van der Waals surface area (Å²) < 4.78 is 28.0. The Morgan fingerprint density at radius 2 is 1.77 bits per heavy atom. The number of aryl methyl sites for hydroxylation is 1. The van der Waals surface area contributed by atoms with Crippen molar-refractivity contribution in [3.63, 3.8) is 0 Å². The van der Waals surface area contributed by atoms with Crippen molar-refractivity contribution in [2.45, 2.75) is 31.7 Å². The van der Waals surface area contributed by atoms with Gasteiger partial charge in [-0.2, -0.15) is 4.31 Å². The molecule has 1 heterocycles. The lowest BCUT2D eigenvalue weighted by atomic mass is 10.2. The van der Waals surface area contributed by atoms with Gasteiger partial charge in [-0.05, 0) is 55.3 Å². The number of hydrogen-bond acceptors (Lipinski definition) is 4. The average molecular weight is 470 g/mol. The highest BCUT2D eigenvalue weighted by Crippen LogP contribution is 2.31. The zero-order chi connectivity index (χ0) is 21.9. The third-order valence-electron chi connectivity index (χ3n) is 5.02. The van der Waals surface area contributed by atoms with E-state index in [1.807, 2.05) is 24.3 Å². The first kappa shape index (κ1) is 23.0. The van der Waals surface area contributed by atoms with Crippen molar-refractivity contribution in [3.8, 4) is 0 Å². The van der Waals surface area contributed by atoms with Gasteiger partial charge in [0.1, 0.15) is 4.90 Å². The van der Waals surface area contributed by atoms with E-state index in [2.05, 4.69) is 10.2 Å². The molecule has 3 rings (SSSR count). The van der Waals surface area contributed by atoms with Crippen molar-refractivity contribution in [2.75, 3.05) is 31.5 Å². The molecule has 2 aromatic rings.